The number of Topliss-reactive ketones (excluding diaryl/α,β-unsaturated/α-hetero) is 1. The van der Waals surface area contributed by atoms with E-state index in [0.717, 1.165) is 30.6 Å². The van der Waals surface area contributed by atoms with E-state index in [0.29, 0.717) is 23.0 Å². The molecular weight excluding hydrogens is 280 g/mol. The van der Waals surface area contributed by atoms with Gasteiger partial charge in [0.1, 0.15) is 5.78 Å². The second-order valence-corrected chi connectivity index (χ2v) is 8.62. The zero-order chi connectivity index (χ0) is 16.2. The van der Waals surface area contributed by atoms with Crippen molar-refractivity contribution in [2.24, 2.45) is 40.9 Å². The molecule has 4 aliphatic rings. The largest absolute Gasteiger partial charge is 0.299 e. The van der Waals surface area contributed by atoms with E-state index in [-0.39, 0.29) is 5.92 Å². The lowest BCUT2D eigenvalue weighted by atomic mass is 9.51. The number of hydrogen-bond donors (Lipinski definition) is 0. The molecule has 0 amide bonds. The molecule has 4 aliphatic carbocycles. The van der Waals surface area contributed by atoms with Crippen LogP contribution in [0.25, 0.3) is 0 Å². The molecule has 7 atom stereocenters. The first-order chi connectivity index (χ1) is 11.1. The van der Waals surface area contributed by atoms with Gasteiger partial charge in [0.05, 0.1) is 0 Å². The molecule has 0 N–H and O–H groups in total. The Bertz CT molecular complexity index is 583. The third-order valence-electron chi connectivity index (χ3n) is 7.92. The summed E-state index contributed by atoms with van der Waals surface area (Å²) in [5.41, 5.74) is 2.15. The number of fused-ring (bicyclic) bond motifs is 5. The maximum absolute atomic E-state index is 12.2. The molecule has 0 aromatic rings. The van der Waals surface area contributed by atoms with Gasteiger partial charge in [0.25, 0.3) is 0 Å². The molecule has 4 rings (SSSR count). The van der Waals surface area contributed by atoms with Crippen LogP contribution in [-0.4, -0.2) is 5.78 Å². The zero-order valence-electron chi connectivity index (χ0n) is 14.6. The van der Waals surface area contributed by atoms with E-state index in [1.54, 1.807) is 5.57 Å². The molecule has 0 radical (unpaired) electrons. The van der Waals surface area contributed by atoms with Gasteiger partial charge >= 0.3 is 0 Å². The van der Waals surface area contributed by atoms with Gasteiger partial charge in [0.2, 0.25) is 0 Å². The van der Waals surface area contributed by atoms with Crippen molar-refractivity contribution in [1.29, 1.82) is 0 Å². The molecular formula is C22H30O. The van der Waals surface area contributed by atoms with E-state index >= 15 is 0 Å². The van der Waals surface area contributed by atoms with Crippen LogP contribution in [0, 0.1) is 40.9 Å². The molecule has 0 aliphatic heterocycles. The van der Waals surface area contributed by atoms with Crippen LogP contribution in [0.3, 0.4) is 0 Å². The number of carbonyl (C=O) groups is 1. The van der Waals surface area contributed by atoms with Crippen molar-refractivity contribution in [1.82, 2.24) is 0 Å². The van der Waals surface area contributed by atoms with Crippen LogP contribution in [0.2, 0.25) is 0 Å². The highest BCUT2D eigenvalue weighted by atomic mass is 16.1. The molecule has 0 aromatic heterocycles. The monoisotopic (exact) mass is 310 g/mol. The maximum atomic E-state index is 12.2. The standard InChI is InChI=1S/C22H30O/c1-4-14-12-19-15(13-21(14)23)6-8-18-17(19)10-11-22(3)16(5-2)7-9-20(18)22/h4-6,8,14-15,17-20H,1,7,9-13H2,2-3H3/b16-5-/t14-,15+,17?,18-,19+,20+,22-/m1/s1. The number of hydrogen-bond acceptors (Lipinski definition) is 1. The summed E-state index contributed by atoms with van der Waals surface area (Å²) in [4.78, 5) is 12.2. The molecule has 0 spiro atoms. The lowest BCUT2D eigenvalue weighted by molar-refractivity contribution is -0.126. The topological polar surface area (TPSA) is 17.1 Å². The fourth-order valence-corrected chi connectivity index (χ4v) is 6.66. The second kappa shape index (κ2) is 5.46. The Hall–Kier alpha value is -1.11. The lowest BCUT2D eigenvalue weighted by Crippen LogP contribution is -2.46. The van der Waals surface area contributed by atoms with Gasteiger partial charge in [0.15, 0.2) is 0 Å². The molecule has 23 heavy (non-hydrogen) atoms. The first-order valence-electron chi connectivity index (χ1n) is 9.57. The van der Waals surface area contributed by atoms with Crippen LogP contribution in [0.5, 0.6) is 0 Å². The van der Waals surface area contributed by atoms with Crippen molar-refractivity contribution in [3.05, 3.63) is 36.5 Å². The van der Waals surface area contributed by atoms with Gasteiger partial charge in [-0.2, -0.15) is 0 Å². The molecule has 1 heteroatoms. The van der Waals surface area contributed by atoms with Crippen molar-refractivity contribution in [3.63, 3.8) is 0 Å². The number of allylic oxidation sites excluding steroid dienone is 5. The average Bonchev–Trinajstić information content (AvgIpc) is 2.90. The lowest BCUT2D eigenvalue weighted by Gasteiger charge is -2.53. The van der Waals surface area contributed by atoms with Gasteiger partial charge in [-0.3, -0.25) is 4.79 Å². The van der Waals surface area contributed by atoms with Gasteiger partial charge in [0, 0.05) is 12.3 Å². The summed E-state index contributed by atoms with van der Waals surface area (Å²) in [5.74, 6) is 4.12. The van der Waals surface area contributed by atoms with Crippen LogP contribution < -0.4 is 0 Å². The van der Waals surface area contributed by atoms with Crippen LogP contribution >= 0.6 is 0 Å². The molecule has 0 aromatic carbocycles. The second-order valence-electron chi connectivity index (χ2n) is 8.62. The van der Waals surface area contributed by atoms with Gasteiger partial charge in [-0.05, 0) is 74.0 Å². The number of ketones is 1. The van der Waals surface area contributed by atoms with Crippen LogP contribution in [0.15, 0.2) is 36.5 Å². The first-order valence-corrected chi connectivity index (χ1v) is 9.57. The first kappa shape index (κ1) is 15.4. The molecule has 0 bridgehead atoms. The van der Waals surface area contributed by atoms with E-state index in [1.807, 2.05) is 6.08 Å². The zero-order valence-corrected chi connectivity index (χ0v) is 14.6. The summed E-state index contributed by atoms with van der Waals surface area (Å²) in [6.07, 6.45) is 16.4. The molecule has 0 saturated heterocycles. The Morgan fingerprint density at radius 3 is 2.83 bits per heavy atom. The molecule has 124 valence electrons. The Morgan fingerprint density at radius 2 is 2.09 bits per heavy atom. The molecule has 3 saturated carbocycles. The Morgan fingerprint density at radius 1 is 1.26 bits per heavy atom. The fraction of sp³-hybridized carbons (Fsp3) is 0.682. The Kier molecular flexibility index (Phi) is 3.66. The highest BCUT2D eigenvalue weighted by Gasteiger charge is 2.54. The van der Waals surface area contributed by atoms with Gasteiger partial charge < -0.3 is 0 Å². The predicted molar refractivity (Wildman–Crippen MR) is 94.9 cm³/mol. The van der Waals surface area contributed by atoms with E-state index in [4.69, 9.17) is 0 Å². The molecule has 3 fully saturated rings. The summed E-state index contributed by atoms with van der Waals surface area (Å²) in [7, 11) is 0. The third kappa shape index (κ3) is 2.15. The molecule has 1 nitrogen and oxygen atoms in total. The minimum absolute atomic E-state index is 0.117. The predicted octanol–water partition coefficient (Wildman–Crippen LogP) is 5.34. The molecule has 1 unspecified atom stereocenters. The normalized spacial score (nSPS) is 50.3. The van der Waals surface area contributed by atoms with E-state index in [2.05, 4.69) is 38.7 Å². The average molecular weight is 310 g/mol. The smallest absolute Gasteiger partial charge is 0.140 e. The minimum atomic E-state index is 0.117. The van der Waals surface area contributed by atoms with Crippen molar-refractivity contribution in [2.45, 2.75) is 52.4 Å². The van der Waals surface area contributed by atoms with E-state index in [1.165, 1.54) is 25.7 Å². The highest BCUT2D eigenvalue weighted by molar-refractivity contribution is 5.84. The van der Waals surface area contributed by atoms with Gasteiger partial charge in [-0.1, -0.05) is 36.8 Å². The van der Waals surface area contributed by atoms with E-state index in [9.17, 15) is 4.79 Å². The van der Waals surface area contributed by atoms with Crippen molar-refractivity contribution in [3.8, 4) is 0 Å². The molecule has 0 heterocycles. The summed E-state index contributed by atoms with van der Waals surface area (Å²) in [5, 5.41) is 0. The fourth-order valence-electron chi connectivity index (χ4n) is 6.66. The maximum Gasteiger partial charge on any atom is 0.140 e. The van der Waals surface area contributed by atoms with Crippen molar-refractivity contribution in [2.75, 3.05) is 0 Å². The van der Waals surface area contributed by atoms with Gasteiger partial charge in [-0.25, -0.2) is 0 Å². The Labute approximate surface area is 140 Å². The van der Waals surface area contributed by atoms with Crippen molar-refractivity contribution >= 4 is 5.78 Å². The quantitative estimate of drug-likeness (QED) is 0.597. The summed E-state index contributed by atoms with van der Waals surface area (Å²) in [6.45, 7) is 8.66. The van der Waals surface area contributed by atoms with Crippen molar-refractivity contribution < 1.29 is 4.79 Å². The Balaban J connectivity index is 1.64. The number of rotatable bonds is 1. The summed E-state index contributed by atoms with van der Waals surface area (Å²) in [6, 6.07) is 0. The van der Waals surface area contributed by atoms with Gasteiger partial charge in [-0.15, -0.1) is 6.58 Å². The summed E-state index contributed by atoms with van der Waals surface area (Å²) < 4.78 is 0. The SMILES string of the molecule is C=C[C@@H]1C[C@@H]2C3CC[C@]4(C)/C(=C\C)CC[C@H]4[C@@H]3C=C[C@H]2CC1=O. The van der Waals surface area contributed by atoms with Crippen LogP contribution in [0.1, 0.15) is 52.4 Å². The number of carbonyl (C=O) groups excluding carboxylic acids is 1. The van der Waals surface area contributed by atoms with Crippen LogP contribution in [0.4, 0.5) is 0 Å². The summed E-state index contributed by atoms with van der Waals surface area (Å²) >= 11 is 0. The minimum Gasteiger partial charge on any atom is -0.299 e. The third-order valence-corrected chi connectivity index (χ3v) is 7.92. The van der Waals surface area contributed by atoms with Crippen LogP contribution in [-0.2, 0) is 4.79 Å². The highest BCUT2D eigenvalue weighted by Crippen LogP contribution is 2.62. The van der Waals surface area contributed by atoms with E-state index < -0.39 is 0 Å².